The van der Waals surface area contributed by atoms with Crippen molar-refractivity contribution in [2.75, 3.05) is 7.11 Å². The average molecular weight is 218 g/mol. The van der Waals surface area contributed by atoms with Crippen LogP contribution in [0.25, 0.3) is 0 Å². The third kappa shape index (κ3) is 2.17. The second-order valence-corrected chi connectivity index (χ2v) is 2.77. The summed E-state index contributed by atoms with van der Waals surface area (Å²) in [4.78, 5) is 13.3. The molecular weight excluding hydrogens is 210 g/mol. The third-order valence-corrected chi connectivity index (χ3v) is 1.73. The fourth-order valence-corrected chi connectivity index (χ4v) is 1.15. The van der Waals surface area contributed by atoms with Crippen LogP contribution in [0.3, 0.4) is 0 Å². The molecule has 1 aromatic rings. The summed E-state index contributed by atoms with van der Waals surface area (Å²) >= 11 is 0. The summed E-state index contributed by atoms with van der Waals surface area (Å²) in [5.41, 5.74) is -1.21. The summed E-state index contributed by atoms with van der Waals surface area (Å²) in [6.45, 7) is 1.46. The van der Waals surface area contributed by atoms with Gasteiger partial charge in [0, 0.05) is 5.69 Å². The summed E-state index contributed by atoms with van der Waals surface area (Å²) in [7, 11) is 1.14. The van der Waals surface area contributed by atoms with Crippen LogP contribution < -0.4 is 4.74 Å². The van der Waals surface area contributed by atoms with E-state index in [0.717, 1.165) is 13.2 Å². The largest absolute Gasteiger partial charge is 0.476 e. The van der Waals surface area contributed by atoms with Crippen LogP contribution in [0.15, 0.2) is 6.07 Å². The Kier molecular flexibility index (Phi) is 3.13. The molecule has 1 heterocycles. The molecule has 0 bridgehead atoms. The van der Waals surface area contributed by atoms with Crippen LogP contribution >= 0.6 is 0 Å². The number of aryl methyl sites for hydroxylation is 1. The van der Waals surface area contributed by atoms with Gasteiger partial charge >= 0.3 is 5.69 Å². The standard InChI is InChI=1S/C8H8F2N2O3/c1-4-3-5(7(9)10)6(12(13)14)8(11-4)15-2/h3,7H,1-2H3. The van der Waals surface area contributed by atoms with E-state index in [1.54, 1.807) is 0 Å². The Hall–Kier alpha value is -1.79. The van der Waals surface area contributed by atoms with E-state index >= 15 is 0 Å². The lowest BCUT2D eigenvalue weighted by atomic mass is 10.2. The maximum atomic E-state index is 12.5. The van der Waals surface area contributed by atoms with Gasteiger partial charge in [-0.15, -0.1) is 0 Å². The number of pyridine rings is 1. The number of nitro groups is 1. The van der Waals surface area contributed by atoms with Crippen molar-refractivity contribution < 1.29 is 18.4 Å². The normalized spacial score (nSPS) is 10.5. The lowest BCUT2D eigenvalue weighted by Gasteiger charge is -2.06. The van der Waals surface area contributed by atoms with E-state index in [1.165, 1.54) is 6.92 Å². The number of rotatable bonds is 3. The highest BCUT2D eigenvalue weighted by atomic mass is 19.3. The van der Waals surface area contributed by atoms with Gasteiger partial charge in [-0.3, -0.25) is 10.1 Å². The van der Waals surface area contributed by atoms with Crippen LogP contribution in [0.1, 0.15) is 17.7 Å². The lowest BCUT2D eigenvalue weighted by molar-refractivity contribution is -0.387. The molecule has 15 heavy (non-hydrogen) atoms. The molecule has 1 aromatic heterocycles. The highest BCUT2D eigenvalue weighted by molar-refractivity contribution is 5.50. The Labute approximate surface area is 83.8 Å². The van der Waals surface area contributed by atoms with E-state index in [0.29, 0.717) is 0 Å². The zero-order valence-corrected chi connectivity index (χ0v) is 8.03. The first kappa shape index (κ1) is 11.3. The first-order valence-electron chi connectivity index (χ1n) is 3.95. The first-order valence-corrected chi connectivity index (χ1v) is 3.95. The van der Waals surface area contributed by atoms with E-state index in [2.05, 4.69) is 9.72 Å². The quantitative estimate of drug-likeness (QED) is 0.576. The Morgan fingerprint density at radius 3 is 2.60 bits per heavy atom. The molecule has 0 N–H and O–H groups in total. The fourth-order valence-electron chi connectivity index (χ4n) is 1.15. The Morgan fingerprint density at radius 1 is 1.60 bits per heavy atom. The van der Waals surface area contributed by atoms with Crippen LogP contribution in [0.2, 0.25) is 0 Å². The summed E-state index contributed by atoms with van der Waals surface area (Å²) in [5, 5.41) is 10.6. The van der Waals surface area contributed by atoms with Gasteiger partial charge in [0.25, 0.3) is 12.3 Å². The van der Waals surface area contributed by atoms with E-state index < -0.39 is 28.5 Å². The molecule has 7 heteroatoms. The van der Waals surface area contributed by atoms with Gasteiger partial charge in [0.1, 0.15) is 5.56 Å². The predicted octanol–water partition coefficient (Wildman–Crippen LogP) is 2.24. The van der Waals surface area contributed by atoms with E-state index in [1.807, 2.05) is 0 Å². The minimum absolute atomic E-state index is 0.243. The van der Waals surface area contributed by atoms with Gasteiger partial charge in [-0.05, 0) is 13.0 Å². The van der Waals surface area contributed by atoms with E-state index in [-0.39, 0.29) is 5.69 Å². The Bertz CT molecular complexity index is 396. The van der Waals surface area contributed by atoms with Gasteiger partial charge in [0.2, 0.25) is 0 Å². The van der Waals surface area contributed by atoms with Crippen molar-refractivity contribution >= 4 is 5.69 Å². The Balaban J connectivity index is 3.47. The van der Waals surface area contributed by atoms with Crippen LogP contribution in [0.5, 0.6) is 5.88 Å². The molecular formula is C8H8F2N2O3. The lowest BCUT2D eigenvalue weighted by Crippen LogP contribution is -2.02. The van der Waals surface area contributed by atoms with Gasteiger partial charge in [0.15, 0.2) is 0 Å². The summed E-state index contributed by atoms with van der Waals surface area (Å²) in [6.07, 6.45) is -2.93. The number of ether oxygens (including phenoxy) is 1. The van der Waals surface area contributed by atoms with Crippen LogP contribution in [0, 0.1) is 17.0 Å². The fraction of sp³-hybridized carbons (Fsp3) is 0.375. The maximum absolute atomic E-state index is 12.5. The molecule has 0 fully saturated rings. The zero-order chi connectivity index (χ0) is 11.6. The predicted molar refractivity (Wildman–Crippen MR) is 47.1 cm³/mol. The van der Waals surface area contributed by atoms with Crippen molar-refractivity contribution in [3.63, 3.8) is 0 Å². The summed E-state index contributed by atoms with van der Waals surface area (Å²) < 4.78 is 29.6. The molecule has 82 valence electrons. The maximum Gasteiger partial charge on any atom is 0.339 e. The summed E-state index contributed by atoms with van der Waals surface area (Å²) in [6, 6.07) is 0.978. The molecule has 0 saturated carbocycles. The van der Waals surface area contributed by atoms with Crippen LogP contribution in [0.4, 0.5) is 14.5 Å². The number of hydrogen-bond donors (Lipinski definition) is 0. The first-order chi connectivity index (χ1) is 6.97. The number of halogens is 2. The number of methoxy groups -OCH3 is 1. The van der Waals surface area contributed by atoms with Crippen molar-refractivity contribution in [3.8, 4) is 5.88 Å². The average Bonchev–Trinajstić information content (AvgIpc) is 2.15. The molecule has 0 aliphatic heterocycles. The topological polar surface area (TPSA) is 65.3 Å². The number of alkyl halides is 2. The zero-order valence-electron chi connectivity index (χ0n) is 8.03. The second kappa shape index (κ2) is 4.16. The minimum atomic E-state index is -2.93. The molecule has 0 aromatic carbocycles. The number of aromatic nitrogens is 1. The SMILES string of the molecule is COc1nc(C)cc(C(F)F)c1[N+](=O)[O-]. The van der Waals surface area contributed by atoms with Gasteiger partial charge in [-0.1, -0.05) is 0 Å². The molecule has 0 aliphatic carbocycles. The second-order valence-electron chi connectivity index (χ2n) is 2.77. The number of hydrogen-bond acceptors (Lipinski definition) is 4. The molecule has 1 rings (SSSR count). The third-order valence-electron chi connectivity index (χ3n) is 1.73. The molecule has 0 unspecified atom stereocenters. The van der Waals surface area contributed by atoms with Gasteiger partial charge < -0.3 is 4.74 Å². The van der Waals surface area contributed by atoms with Gasteiger partial charge in [-0.2, -0.15) is 0 Å². The van der Waals surface area contributed by atoms with Crippen LogP contribution in [-0.2, 0) is 0 Å². The summed E-state index contributed by atoms with van der Waals surface area (Å²) in [5.74, 6) is -0.393. The van der Waals surface area contributed by atoms with Crippen molar-refractivity contribution in [2.24, 2.45) is 0 Å². The minimum Gasteiger partial charge on any atom is -0.476 e. The van der Waals surface area contributed by atoms with Gasteiger partial charge in [0.05, 0.1) is 12.0 Å². The monoisotopic (exact) mass is 218 g/mol. The molecule has 0 spiro atoms. The van der Waals surface area contributed by atoms with Crippen molar-refractivity contribution in [3.05, 3.63) is 27.4 Å². The molecule has 0 radical (unpaired) electrons. The molecule has 0 atom stereocenters. The van der Waals surface area contributed by atoms with Crippen molar-refractivity contribution in [1.82, 2.24) is 4.98 Å². The van der Waals surface area contributed by atoms with E-state index in [9.17, 15) is 18.9 Å². The van der Waals surface area contributed by atoms with Gasteiger partial charge in [-0.25, -0.2) is 13.8 Å². The van der Waals surface area contributed by atoms with Crippen molar-refractivity contribution in [2.45, 2.75) is 13.3 Å². The highest BCUT2D eigenvalue weighted by Crippen LogP contribution is 2.35. The molecule has 0 aliphatic rings. The molecule has 0 amide bonds. The highest BCUT2D eigenvalue weighted by Gasteiger charge is 2.28. The molecule has 5 nitrogen and oxygen atoms in total. The Morgan fingerprint density at radius 2 is 2.20 bits per heavy atom. The molecule has 0 saturated heterocycles. The van der Waals surface area contributed by atoms with Crippen LogP contribution in [-0.4, -0.2) is 17.0 Å². The smallest absolute Gasteiger partial charge is 0.339 e. The van der Waals surface area contributed by atoms with Crippen molar-refractivity contribution in [1.29, 1.82) is 0 Å². The number of nitrogens with zero attached hydrogens (tertiary/aromatic N) is 2. The van der Waals surface area contributed by atoms with E-state index in [4.69, 9.17) is 0 Å².